The SMILES string of the molecule is O=C1OC2(c3ccccc3Oc3ccc(C(c4ccccc4)c4ccccc4)cc32)c2ccccc21. The summed E-state index contributed by atoms with van der Waals surface area (Å²) in [6, 6.07) is 42.7. The molecule has 0 radical (unpaired) electrons. The number of fused-ring (bicyclic) bond motifs is 6. The zero-order chi connectivity index (χ0) is 24.1. The van der Waals surface area contributed by atoms with Crippen molar-refractivity contribution in [1.29, 1.82) is 0 Å². The summed E-state index contributed by atoms with van der Waals surface area (Å²) in [5, 5.41) is 0. The van der Waals surface area contributed by atoms with Crippen LogP contribution in [0.25, 0.3) is 0 Å². The fourth-order valence-electron chi connectivity index (χ4n) is 5.69. The van der Waals surface area contributed by atoms with Crippen LogP contribution in [0.3, 0.4) is 0 Å². The number of benzene rings is 5. The summed E-state index contributed by atoms with van der Waals surface area (Å²) in [5.41, 5.74) is 5.54. The van der Waals surface area contributed by atoms with E-state index in [1.54, 1.807) is 0 Å². The summed E-state index contributed by atoms with van der Waals surface area (Å²) in [6.45, 7) is 0. The lowest BCUT2D eigenvalue weighted by Crippen LogP contribution is -2.33. The molecular formula is C33H22O3. The highest BCUT2D eigenvalue weighted by Gasteiger charge is 2.53. The minimum Gasteiger partial charge on any atom is -0.456 e. The van der Waals surface area contributed by atoms with Gasteiger partial charge >= 0.3 is 5.97 Å². The molecule has 3 nitrogen and oxygen atoms in total. The predicted octanol–water partition coefficient (Wildman–Crippen LogP) is 7.43. The number of rotatable bonds is 3. The first-order chi connectivity index (χ1) is 17.8. The lowest BCUT2D eigenvalue weighted by molar-refractivity contribution is 0.0224. The van der Waals surface area contributed by atoms with Crippen molar-refractivity contribution < 1.29 is 14.3 Å². The second-order valence-corrected chi connectivity index (χ2v) is 9.22. The largest absolute Gasteiger partial charge is 0.456 e. The zero-order valence-corrected chi connectivity index (χ0v) is 19.4. The third kappa shape index (κ3) is 2.96. The molecule has 0 aliphatic carbocycles. The summed E-state index contributed by atoms with van der Waals surface area (Å²) >= 11 is 0. The van der Waals surface area contributed by atoms with Gasteiger partial charge in [0.25, 0.3) is 0 Å². The molecule has 7 rings (SSSR count). The van der Waals surface area contributed by atoms with E-state index in [9.17, 15) is 4.79 Å². The van der Waals surface area contributed by atoms with Crippen molar-refractivity contribution >= 4 is 5.97 Å². The van der Waals surface area contributed by atoms with Gasteiger partial charge in [-0.05, 0) is 41.0 Å². The van der Waals surface area contributed by atoms with Gasteiger partial charge in [0.2, 0.25) is 0 Å². The van der Waals surface area contributed by atoms with Gasteiger partial charge in [0.15, 0.2) is 5.60 Å². The fraction of sp³-hybridized carbons (Fsp3) is 0.0606. The van der Waals surface area contributed by atoms with E-state index in [0.717, 1.165) is 22.3 Å². The zero-order valence-electron chi connectivity index (χ0n) is 19.4. The van der Waals surface area contributed by atoms with Crippen LogP contribution in [-0.2, 0) is 10.3 Å². The van der Waals surface area contributed by atoms with E-state index < -0.39 is 5.60 Å². The van der Waals surface area contributed by atoms with Crippen molar-refractivity contribution in [1.82, 2.24) is 0 Å². The second kappa shape index (κ2) is 7.96. The number of hydrogen-bond donors (Lipinski definition) is 0. The molecule has 3 heteroatoms. The molecule has 0 saturated carbocycles. The number of ether oxygens (including phenoxy) is 2. The average Bonchev–Trinajstić information content (AvgIpc) is 3.23. The van der Waals surface area contributed by atoms with E-state index in [2.05, 4.69) is 60.7 Å². The number of carbonyl (C=O) groups excluding carboxylic acids is 1. The van der Waals surface area contributed by atoms with Gasteiger partial charge < -0.3 is 9.47 Å². The maximum Gasteiger partial charge on any atom is 0.340 e. The molecule has 0 saturated heterocycles. The first-order valence-corrected chi connectivity index (χ1v) is 12.1. The van der Waals surface area contributed by atoms with Gasteiger partial charge in [-0.3, -0.25) is 0 Å². The highest BCUT2D eigenvalue weighted by molar-refractivity contribution is 5.97. The molecule has 172 valence electrons. The molecule has 1 spiro atoms. The van der Waals surface area contributed by atoms with E-state index in [1.807, 2.05) is 66.7 Å². The number of hydrogen-bond acceptors (Lipinski definition) is 3. The smallest absolute Gasteiger partial charge is 0.340 e. The maximum absolute atomic E-state index is 13.2. The van der Waals surface area contributed by atoms with Gasteiger partial charge in [-0.15, -0.1) is 0 Å². The summed E-state index contributed by atoms with van der Waals surface area (Å²) in [4.78, 5) is 13.2. The van der Waals surface area contributed by atoms with Gasteiger partial charge in [0.05, 0.1) is 5.56 Å². The Hall–Kier alpha value is -4.63. The highest BCUT2D eigenvalue weighted by Crippen LogP contribution is 2.56. The molecule has 0 fully saturated rings. The Bertz CT molecular complexity index is 1570. The van der Waals surface area contributed by atoms with Crippen LogP contribution in [0, 0.1) is 0 Å². The molecule has 5 aromatic carbocycles. The van der Waals surface area contributed by atoms with Gasteiger partial charge in [-0.25, -0.2) is 4.79 Å². The van der Waals surface area contributed by atoms with Crippen LogP contribution in [0.1, 0.15) is 49.7 Å². The fourth-order valence-corrected chi connectivity index (χ4v) is 5.69. The molecule has 0 bridgehead atoms. The molecule has 1 atom stereocenters. The Labute approximate surface area is 209 Å². The summed E-state index contributed by atoms with van der Waals surface area (Å²) < 4.78 is 12.7. The summed E-state index contributed by atoms with van der Waals surface area (Å²) in [7, 11) is 0. The van der Waals surface area contributed by atoms with Crippen molar-refractivity contribution in [3.8, 4) is 11.5 Å². The molecule has 1 unspecified atom stereocenters. The van der Waals surface area contributed by atoms with Gasteiger partial charge in [-0.2, -0.15) is 0 Å². The molecule has 0 amide bonds. The molecule has 0 aromatic heterocycles. The maximum atomic E-state index is 13.2. The molecule has 36 heavy (non-hydrogen) atoms. The second-order valence-electron chi connectivity index (χ2n) is 9.22. The van der Waals surface area contributed by atoms with Crippen molar-refractivity contribution in [2.75, 3.05) is 0 Å². The van der Waals surface area contributed by atoms with Crippen molar-refractivity contribution in [3.05, 3.63) is 166 Å². The topological polar surface area (TPSA) is 35.5 Å². The van der Waals surface area contributed by atoms with E-state index in [0.29, 0.717) is 17.1 Å². The molecule has 0 N–H and O–H groups in total. The average molecular weight is 467 g/mol. The standard InChI is InChI=1S/C33H22O3/c34-32-25-15-7-8-16-26(25)33(36-32)27-17-9-10-18-29(27)35-30-20-19-24(21-28(30)33)31(22-11-3-1-4-12-22)23-13-5-2-6-14-23/h1-21,31H. The Morgan fingerprint density at radius 1 is 0.528 bits per heavy atom. The monoisotopic (exact) mass is 466 g/mol. The molecule has 2 aliphatic heterocycles. The minimum atomic E-state index is -1.06. The first kappa shape index (κ1) is 20.7. The summed E-state index contributed by atoms with van der Waals surface area (Å²) in [6.07, 6.45) is 0. The van der Waals surface area contributed by atoms with E-state index >= 15 is 0 Å². The van der Waals surface area contributed by atoms with Crippen LogP contribution in [0.5, 0.6) is 11.5 Å². The quantitative estimate of drug-likeness (QED) is 0.205. The Morgan fingerprint density at radius 3 is 1.83 bits per heavy atom. The van der Waals surface area contributed by atoms with Gasteiger partial charge in [0.1, 0.15) is 11.5 Å². The van der Waals surface area contributed by atoms with E-state index in [-0.39, 0.29) is 11.9 Å². The summed E-state index contributed by atoms with van der Waals surface area (Å²) in [5.74, 6) is 1.09. The molecule has 2 heterocycles. The Kier molecular flexibility index (Phi) is 4.58. The van der Waals surface area contributed by atoms with Crippen molar-refractivity contribution in [2.45, 2.75) is 11.5 Å². The number of carbonyl (C=O) groups is 1. The van der Waals surface area contributed by atoms with Gasteiger partial charge in [-0.1, -0.05) is 103 Å². The normalized spacial score (nSPS) is 17.2. The van der Waals surface area contributed by atoms with Crippen LogP contribution in [0.2, 0.25) is 0 Å². The highest BCUT2D eigenvalue weighted by atomic mass is 16.6. The third-order valence-corrected chi connectivity index (χ3v) is 7.24. The van der Waals surface area contributed by atoms with Crippen LogP contribution < -0.4 is 4.74 Å². The lowest BCUT2D eigenvalue weighted by Gasteiger charge is -2.37. The number of esters is 1. The lowest BCUT2D eigenvalue weighted by atomic mass is 9.75. The van der Waals surface area contributed by atoms with E-state index in [4.69, 9.17) is 9.47 Å². The molecule has 5 aromatic rings. The minimum absolute atomic E-state index is 0.0132. The van der Waals surface area contributed by atoms with E-state index in [1.165, 1.54) is 11.1 Å². The number of para-hydroxylation sites is 1. The first-order valence-electron chi connectivity index (χ1n) is 12.1. The van der Waals surface area contributed by atoms with Gasteiger partial charge in [0, 0.05) is 22.6 Å². The van der Waals surface area contributed by atoms with Crippen LogP contribution >= 0.6 is 0 Å². The van der Waals surface area contributed by atoms with Crippen molar-refractivity contribution in [2.24, 2.45) is 0 Å². The van der Waals surface area contributed by atoms with Crippen LogP contribution in [0.15, 0.2) is 127 Å². The Balaban J connectivity index is 1.50. The molecular weight excluding hydrogens is 444 g/mol. The Morgan fingerprint density at radius 2 is 1.11 bits per heavy atom. The molecule has 2 aliphatic rings. The van der Waals surface area contributed by atoms with Crippen LogP contribution in [-0.4, -0.2) is 5.97 Å². The predicted molar refractivity (Wildman–Crippen MR) is 139 cm³/mol. The third-order valence-electron chi connectivity index (χ3n) is 7.24. The van der Waals surface area contributed by atoms with Crippen molar-refractivity contribution in [3.63, 3.8) is 0 Å². The van der Waals surface area contributed by atoms with Crippen LogP contribution in [0.4, 0.5) is 0 Å².